The van der Waals surface area contributed by atoms with Crippen molar-refractivity contribution in [3.63, 3.8) is 0 Å². The molecule has 106 valence electrons. The Morgan fingerprint density at radius 2 is 1.63 bits per heavy atom. The molecule has 0 radical (unpaired) electrons. The second-order valence-corrected chi connectivity index (χ2v) is 5.99. The standard InChI is InChI=1S/C14H22O3S.Mg.2H/c1-2-3-4-5-6-7-10-13-11-8-9-12-14(13)18(15,16)17;;;/h8-9,11-12H,2-7,10H2,1H3,(H,15,16,17);;;/q;+2;2*-1. The van der Waals surface area contributed by atoms with Gasteiger partial charge in [-0.25, -0.2) is 0 Å². The zero-order chi connectivity index (χ0) is 13.4. The van der Waals surface area contributed by atoms with E-state index in [1.807, 2.05) is 0 Å². The van der Waals surface area contributed by atoms with Crippen LogP contribution < -0.4 is 0 Å². The third-order valence-corrected chi connectivity index (χ3v) is 4.00. The van der Waals surface area contributed by atoms with E-state index in [2.05, 4.69) is 6.92 Å². The second-order valence-electron chi connectivity index (χ2n) is 4.60. The SMILES string of the molecule is CCCCCCCCc1ccccc1S(=O)(=O)O.[H-].[H-].[Mg+2]. The predicted molar refractivity (Wildman–Crippen MR) is 81.3 cm³/mol. The normalized spacial score (nSPS) is 11.1. The van der Waals surface area contributed by atoms with E-state index in [1.54, 1.807) is 18.2 Å². The van der Waals surface area contributed by atoms with Crippen LogP contribution in [0.2, 0.25) is 0 Å². The summed E-state index contributed by atoms with van der Waals surface area (Å²) in [5.74, 6) is 0. The number of rotatable bonds is 8. The van der Waals surface area contributed by atoms with Crippen molar-refractivity contribution in [3.8, 4) is 0 Å². The van der Waals surface area contributed by atoms with Gasteiger partial charge in [0.25, 0.3) is 10.1 Å². The molecular formula is C14H24MgO3S. The van der Waals surface area contributed by atoms with Gasteiger partial charge in [-0.2, -0.15) is 8.42 Å². The molecule has 0 bridgehead atoms. The van der Waals surface area contributed by atoms with Crippen molar-refractivity contribution in [2.45, 2.75) is 56.8 Å². The van der Waals surface area contributed by atoms with Gasteiger partial charge in [-0.1, -0.05) is 57.2 Å². The van der Waals surface area contributed by atoms with Crippen LogP contribution in [0.15, 0.2) is 29.2 Å². The molecule has 0 aromatic heterocycles. The Balaban J connectivity index is -0.00000108. The van der Waals surface area contributed by atoms with Crippen LogP contribution in [0.4, 0.5) is 0 Å². The summed E-state index contributed by atoms with van der Waals surface area (Å²) in [6.07, 6.45) is 7.73. The fourth-order valence-electron chi connectivity index (χ4n) is 2.06. The third kappa shape index (κ3) is 7.30. The molecule has 0 aliphatic carbocycles. The molecule has 0 fully saturated rings. The summed E-state index contributed by atoms with van der Waals surface area (Å²) in [7, 11) is -4.08. The smallest absolute Gasteiger partial charge is 1.00 e. The van der Waals surface area contributed by atoms with E-state index in [0.717, 1.165) is 18.4 Å². The summed E-state index contributed by atoms with van der Waals surface area (Å²) in [5, 5.41) is 0. The van der Waals surface area contributed by atoms with Gasteiger partial charge in [0.05, 0.1) is 4.90 Å². The maximum Gasteiger partial charge on any atom is 2.00 e. The molecule has 5 heteroatoms. The van der Waals surface area contributed by atoms with Crippen LogP contribution in [0.1, 0.15) is 53.9 Å². The Bertz CT molecular complexity index is 467. The molecule has 0 atom stereocenters. The van der Waals surface area contributed by atoms with E-state index in [4.69, 9.17) is 4.55 Å². The number of unbranched alkanes of at least 4 members (excludes halogenated alkanes) is 5. The van der Waals surface area contributed by atoms with Gasteiger partial charge in [0, 0.05) is 0 Å². The Labute approximate surface area is 135 Å². The van der Waals surface area contributed by atoms with Crippen molar-refractivity contribution in [1.29, 1.82) is 0 Å². The average molecular weight is 297 g/mol. The van der Waals surface area contributed by atoms with Crippen molar-refractivity contribution in [2.75, 3.05) is 0 Å². The molecule has 1 aromatic carbocycles. The molecular weight excluding hydrogens is 273 g/mol. The van der Waals surface area contributed by atoms with Gasteiger partial charge in [0.2, 0.25) is 0 Å². The number of aryl methyl sites for hydroxylation is 1. The number of hydrogen-bond donors (Lipinski definition) is 1. The first-order chi connectivity index (χ1) is 8.55. The first-order valence-corrected chi connectivity index (χ1v) is 8.05. The molecule has 1 rings (SSSR count). The van der Waals surface area contributed by atoms with E-state index in [-0.39, 0.29) is 30.8 Å². The molecule has 0 spiro atoms. The van der Waals surface area contributed by atoms with Crippen LogP contribution in [-0.4, -0.2) is 36.0 Å². The van der Waals surface area contributed by atoms with Crippen LogP contribution in [0, 0.1) is 0 Å². The molecule has 0 aliphatic rings. The minimum Gasteiger partial charge on any atom is -1.00 e. The van der Waals surface area contributed by atoms with Gasteiger partial charge in [0.1, 0.15) is 0 Å². The predicted octanol–water partition coefficient (Wildman–Crippen LogP) is 3.68. The van der Waals surface area contributed by atoms with E-state index >= 15 is 0 Å². The Morgan fingerprint density at radius 1 is 1.05 bits per heavy atom. The largest absolute Gasteiger partial charge is 2.00 e. The van der Waals surface area contributed by atoms with Crippen molar-refractivity contribution in [2.24, 2.45) is 0 Å². The molecule has 0 unspecified atom stereocenters. The van der Waals surface area contributed by atoms with Crippen molar-refractivity contribution in [1.82, 2.24) is 0 Å². The first kappa shape index (κ1) is 18.9. The summed E-state index contributed by atoms with van der Waals surface area (Å²) < 4.78 is 31.5. The van der Waals surface area contributed by atoms with Gasteiger partial charge >= 0.3 is 23.1 Å². The monoisotopic (exact) mass is 296 g/mol. The molecule has 19 heavy (non-hydrogen) atoms. The average Bonchev–Trinajstić information content (AvgIpc) is 2.33. The summed E-state index contributed by atoms with van der Waals surface area (Å²) in [6.45, 7) is 2.18. The van der Waals surface area contributed by atoms with E-state index in [0.29, 0.717) is 6.42 Å². The minimum atomic E-state index is -4.08. The van der Waals surface area contributed by atoms with Crippen molar-refractivity contribution >= 4 is 33.2 Å². The molecule has 0 aliphatic heterocycles. The Kier molecular flexibility index (Phi) is 9.69. The molecule has 0 amide bonds. The van der Waals surface area contributed by atoms with E-state index in [1.165, 1.54) is 31.7 Å². The van der Waals surface area contributed by atoms with Crippen LogP contribution in [0.3, 0.4) is 0 Å². The second kappa shape index (κ2) is 9.75. The van der Waals surface area contributed by atoms with E-state index in [9.17, 15) is 8.42 Å². The van der Waals surface area contributed by atoms with Crippen LogP contribution >= 0.6 is 0 Å². The van der Waals surface area contributed by atoms with Gasteiger partial charge in [-0.15, -0.1) is 0 Å². The number of hydrogen-bond acceptors (Lipinski definition) is 2. The summed E-state index contributed by atoms with van der Waals surface area (Å²) in [5.41, 5.74) is 0.718. The minimum absolute atomic E-state index is 0. The molecule has 0 saturated carbocycles. The summed E-state index contributed by atoms with van der Waals surface area (Å²) >= 11 is 0. The molecule has 0 heterocycles. The van der Waals surface area contributed by atoms with Gasteiger partial charge < -0.3 is 2.85 Å². The summed E-state index contributed by atoms with van der Waals surface area (Å²) in [6, 6.07) is 6.67. The van der Waals surface area contributed by atoms with Crippen LogP contribution in [-0.2, 0) is 16.5 Å². The van der Waals surface area contributed by atoms with Gasteiger partial charge in [-0.3, -0.25) is 4.55 Å². The van der Waals surface area contributed by atoms with E-state index < -0.39 is 10.1 Å². The zero-order valence-corrected chi connectivity index (χ0v) is 13.9. The van der Waals surface area contributed by atoms with Crippen LogP contribution in [0.5, 0.6) is 0 Å². The zero-order valence-electron chi connectivity index (χ0n) is 13.6. The van der Waals surface area contributed by atoms with Crippen molar-refractivity contribution in [3.05, 3.63) is 29.8 Å². The first-order valence-electron chi connectivity index (χ1n) is 6.61. The molecule has 0 saturated heterocycles. The quantitative estimate of drug-likeness (QED) is 0.452. The maximum atomic E-state index is 11.2. The fourth-order valence-corrected chi connectivity index (χ4v) is 2.81. The third-order valence-electron chi connectivity index (χ3n) is 3.05. The molecule has 1 aromatic rings. The molecule has 3 nitrogen and oxygen atoms in total. The summed E-state index contributed by atoms with van der Waals surface area (Å²) in [4.78, 5) is 0.0542. The fraction of sp³-hybridized carbons (Fsp3) is 0.571. The molecule has 1 N–H and O–H groups in total. The van der Waals surface area contributed by atoms with Gasteiger partial charge in [0.15, 0.2) is 0 Å². The van der Waals surface area contributed by atoms with Crippen LogP contribution in [0.25, 0.3) is 0 Å². The topological polar surface area (TPSA) is 54.4 Å². The van der Waals surface area contributed by atoms with Crippen molar-refractivity contribution < 1.29 is 15.8 Å². The maximum absolute atomic E-state index is 11.2. The Morgan fingerprint density at radius 3 is 2.26 bits per heavy atom. The van der Waals surface area contributed by atoms with Gasteiger partial charge in [-0.05, 0) is 24.5 Å². The Hall–Kier alpha value is -0.104. The number of benzene rings is 1.